The van der Waals surface area contributed by atoms with Crippen LogP contribution in [-0.4, -0.2) is 84.3 Å². The van der Waals surface area contributed by atoms with Crippen molar-refractivity contribution >= 4 is 15.9 Å². The summed E-state index contributed by atoms with van der Waals surface area (Å²) in [4.78, 5) is 0.335. The molecule has 4 saturated heterocycles. The van der Waals surface area contributed by atoms with E-state index in [0.717, 1.165) is 32.1 Å². The highest BCUT2D eigenvalue weighted by Gasteiger charge is 2.55. The number of alkyl halides is 1. The number of hydrogen-bond donors (Lipinski definition) is 3. The van der Waals surface area contributed by atoms with E-state index in [1.165, 1.54) is 0 Å². The lowest BCUT2D eigenvalue weighted by Gasteiger charge is -2.56. The first kappa shape index (κ1) is 31.1. The van der Waals surface area contributed by atoms with Crippen LogP contribution in [0.15, 0.2) is 0 Å². The molecule has 7 nitrogen and oxygen atoms in total. The van der Waals surface area contributed by atoms with Crippen LogP contribution in [0.5, 0.6) is 0 Å². The van der Waals surface area contributed by atoms with Gasteiger partial charge in [-0.25, -0.2) is 0 Å². The van der Waals surface area contributed by atoms with Gasteiger partial charge in [0.05, 0.1) is 64.1 Å². The first-order chi connectivity index (χ1) is 17.3. The quantitative estimate of drug-likeness (QED) is 0.344. The van der Waals surface area contributed by atoms with Gasteiger partial charge in [-0.2, -0.15) is 0 Å². The van der Waals surface area contributed by atoms with Crippen LogP contribution in [0, 0.1) is 0 Å². The van der Waals surface area contributed by atoms with Crippen molar-refractivity contribution in [1.29, 1.82) is 0 Å². The predicted molar refractivity (Wildman–Crippen MR) is 151 cm³/mol. The molecule has 4 aliphatic heterocycles. The Hall–Kier alpha value is 0.200. The minimum Gasteiger partial charge on any atom is -0.390 e. The normalized spacial score (nSPS) is 46.3. The van der Waals surface area contributed by atoms with E-state index >= 15 is 0 Å². The van der Waals surface area contributed by atoms with Crippen molar-refractivity contribution in [3.05, 3.63) is 0 Å². The topological polar surface area (TPSA) is 97.6 Å². The molecule has 38 heavy (non-hydrogen) atoms. The third-order valence-corrected chi connectivity index (χ3v) is 11.8. The second-order valence-corrected chi connectivity index (χ2v) is 15.8. The average Bonchev–Trinajstić information content (AvgIpc) is 3.23. The number of ether oxygens (including phenoxy) is 4. The number of rotatable bonds is 7. The SMILES string of the molecule is CC(C)(O)[C@H]1CC[C@](C)([C@H](O)CC[C@](C)(O)[C@H]2CC[C@@H]3O[C@H]([C@@]4(C)CC[C@H](Br)C(C)(C)O4)CC[C@@]3(C)O2)O1. The lowest BCUT2D eigenvalue weighted by molar-refractivity contribution is -0.301. The van der Waals surface area contributed by atoms with Gasteiger partial charge in [0.25, 0.3) is 0 Å². The van der Waals surface area contributed by atoms with Gasteiger partial charge in [-0.05, 0) is 120 Å². The van der Waals surface area contributed by atoms with Crippen LogP contribution in [0.25, 0.3) is 0 Å². The maximum Gasteiger partial charge on any atom is 0.0923 e. The molecule has 0 amide bonds. The van der Waals surface area contributed by atoms with Crippen LogP contribution in [-0.2, 0) is 18.9 Å². The molecule has 10 atom stereocenters. The van der Waals surface area contributed by atoms with Crippen LogP contribution in [0.1, 0.15) is 120 Å². The Labute approximate surface area is 238 Å². The number of hydrogen-bond acceptors (Lipinski definition) is 7. The van der Waals surface area contributed by atoms with Crippen molar-refractivity contribution < 1.29 is 34.3 Å². The van der Waals surface area contributed by atoms with E-state index in [0.29, 0.717) is 36.9 Å². The summed E-state index contributed by atoms with van der Waals surface area (Å²) >= 11 is 3.79. The maximum atomic E-state index is 11.5. The van der Waals surface area contributed by atoms with E-state index in [-0.39, 0.29) is 35.6 Å². The number of aliphatic hydroxyl groups is 3. The van der Waals surface area contributed by atoms with E-state index in [9.17, 15) is 15.3 Å². The second-order valence-electron chi connectivity index (χ2n) is 14.7. The van der Waals surface area contributed by atoms with Gasteiger partial charge in [0.15, 0.2) is 0 Å². The molecular weight excluding hydrogens is 552 g/mol. The number of aliphatic hydroxyl groups excluding tert-OH is 1. The molecule has 0 aromatic carbocycles. The Morgan fingerprint density at radius 2 is 1.45 bits per heavy atom. The summed E-state index contributed by atoms with van der Waals surface area (Å²) in [5.74, 6) is 0. The van der Waals surface area contributed by atoms with Crippen LogP contribution < -0.4 is 0 Å². The van der Waals surface area contributed by atoms with Gasteiger partial charge >= 0.3 is 0 Å². The van der Waals surface area contributed by atoms with Crippen molar-refractivity contribution in [2.45, 2.75) is 189 Å². The van der Waals surface area contributed by atoms with Crippen molar-refractivity contribution in [2.75, 3.05) is 0 Å². The van der Waals surface area contributed by atoms with Gasteiger partial charge in [0.1, 0.15) is 0 Å². The molecule has 4 rings (SSSR count). The molecule has 8 heteroatoms. The van der Waals surface area contributed by atoms with Gasteiger partial charge in [0.2, 0.25) is 0 Å². The largest absolute Gasteiger partial charge is 0.390 e. The Morgan fingerprint density at radius 3 is 2.05 bits per heavy atom. The standard InChI is InChI=1S/C30H53BrO7/c1-25(2,33)21-13-17-28(6,36-21)20(32)12-15-27(5,34)22-9-10-23-29(7,37-22)18-14-24(35-23)30(8)16-11-19(31)26(3,4)38-30/h19-24,32-34H,9-18H2,1-8H3/t19-,20+,21+,22+,23-,24-,27-,28+,29+,30+/m0/s1. The average molecular weight is 606 g/mol. The summed E-state index contributed by atoms with van der Waals surface area (Å²) in [7, 11) is 0. The first-order valence-electron chi connectivity index (χ1n) is 14.8. The molecule has 0 radical (unpaired) electrons. The molecule has 4 heterocycles. The number of fused-ring (bicyclic) bond motifs is 1. The van der Waals surface area contributed by atoms with Crippen LogP contribution >= 0.6 is 15.9 Å². The number of halogens is 1. The Balaban J connectivity index is 1.33. The molecular formula is C30H53BrO7. The molecule has 0 saturated carbocycles. The third kappa shape index (κ3) is 6.18. The van der Waals surface area contributed by atoms with Crippen LogP contribution in [0.4, 0.5) is 0 Å². The van der Waals surface area contributed by atoms with Crippen molar-refractivity contribution in [3.8, 4) is 0 Å². The third-order valence-electron chi connectivity index (χ3n) is 10.3. The predicted octanol–water partition coefficient (Wildman–Crippen LogP) is 5.18. The summed E-state index contributed by atoms with van der Waals surface area (Å²) in [5, 5.41) is 32.9. The molecule has 3 N–H and O–H groups in total. The summed E-state index contributed by atoms with van der Waals surface area (Å²) < 4.78 is 26.1. The fourth-order valence-electron chi connectivity index (χ4n) is 7.27. The Morgan fingerprint density at radius 1 is 0.816 bits per heavy atom. The highest BCUT2D eigenvalue weighted by atomic mass is 79.9. The second kappa shape index (κ2) is 10.5. The lowest BCUT2D eigenvalue weighted by Crippen LogP contribution is -2.63. The molecule has 4 aliphatic rings. The summed E-state index contributed by atoms with van der Waals surface area (Å²) in [6.45, 7) is 15.8. The van der Waals surface area contributed by atoms with E-state index in [2.05, 4.69) is 43.6 Å². The summed E-state index contributed by atoms with van der Waals surface area (Å²) in [5.41, 5.74) is -3.78. The van der Waals surface area contributed by atoms with Crippen LogP contribution in [0.2, 0.25) is 0 Å². The highest BCUT2D eigenvalue weighted by Crippen LogP contribution is 2.49. The molecule has 4 fully saturated rings. The fourth-order valence-corrected chi connectivity index (χ4v) is 7.60. The van der Waals surface area contributed by atoms with Gasteiger partial charge < -0.3 is 34.3 Å². The van der Waals surface area contributed by atoms with Gasteiger partial charge in [-0.3, -0.25) is 0 Å². The maximum absolute atomic E-state index is 11.5. The molecule has 0 unspecified atom stereocenters. The van der Waals surface area contributed by atoms with Crippen LogP contribution in [0.3, 0.4) is 0 Å². The molecule has 0 spiro atoms. The molecule has 0 aromatic rings. The molecule has 0 bridgehead atoms. The van der Waals surface area contributed by atoms with Gasteiger partial charge in [-0.15, -0.1) is 0 Å². The monoisotopic (exact) mass is 604 g/mol. The molecule has 222 valence electrons. The zero-order chi connectivity index (χ0) is 28.4. The van der Waals surface area contributed by atoms with E-state index < -0.39 is 28.5 Å². The molecule has 0 aliphatic carbocycles. The summed E-state index contributed by atoms with van der Waals surface area (Å²) in [6, 6.07) is 0. The zero-order valence-electron chi connectivity index (χ0n) is 24.9. The van der Waals surface area contributed by atoms with Crippen molar-refractivity contribution in [2.24, 2.45) is 0 Å². The lowest BCUT2D eigenvalue weighted by atomic mass is 9.75. The minimum atomic E-state index is -1.08. The van der Waals surface area contributed by atoms with Gasteiger partial charge in [0, 0.05) is 4.83 Å². The van der Waals surface area contributed by atoms with Gasteiger partial charge in [-0.1, -0.05) is 15.9 Å². The highest BCUT2D eigenvalue weighted by molar-refractivity contribution is 9.09. The summed E-state index contributed by atoms with van der Waals surface area (Å²) in [6.07, 6.45) is 6.09. The smallest absolute Gasteiger partial charge is 0.0923 e. The van der Waals surface area contributed by atoms with E-state index in [1.54, 1.807) is 13.8 Å². The van der Waals surface area contributed by atoms with Crippen molar-refractivity contribution in [1.82, 2.24) is 0 Å². The van der Waals surface area contributed by atoms with Crippen molar-refractivity contribution in [3.63, 3.8) is 0 Å². The first-order valence-corrected chi connectivity index (χ1v) is 15.7. The van der Waals surface area contributed by atoms with E-state index in [1.807, 2.05) is 13.8 Å². The molecule has 0 aromatic heterocycles. The van der Waals surface area contributed by atoms with E-state index in [4.69, 9.17) is 18.9 Å². The minimum absolute atomic E-state index is 0.0236. The Bertz CT molecular complexity index is 843. The zero-order valence-corrected chi connectivity index (χ0v) is 26.5. The Kier molecular flexibility index (Phi) is 8.59. The fraction of sp³-hybridized carbons (Fsp3) is 1.00.